The van der Waals surface area contributed by atoms with E-state index < -0.39 is 0 Å². The molecule has 0 aliphatic carbocycles. The quantitative estimate of drug-likeness (QED) is 0.164. The number of aromatic nitrogens is 2. The molecule has 61 heavy (non-hydrogen) atoms. The van der Waals surface area contributed by atoms with Gasteiger partial charge in [-0.15, -0.1) is 0 Å². The van der Waals surface area contributed by atoms with Crippen LogP contribution in [0.5, 0.6) is 0 Å². The van der Waals surface area contributed by atoms with Gasteiger partial charge in [-0.25, -0.2) is 0 Å². The molecule has 0 N–H and O–H groups in total. The highest BCUT2D eigenvalue weighted by Gasteiger charge is 2.19. The van der Waals surface area contributed by atoms with Crippen LogP contribution < -0.4 is 0 Å². The third kappa shape index (κ3) is 4.58. The van der Waals surface area contributed by atoms with Gasteiger partial charge in [0, 0.05) is 49.1 Å². The van der Waals surface area contributed by atoms with Gasteiger partial charge in [0.2, 0.25) is 0 Å². The molecule has 3 aromatic heterocycles. The van der Waals surface area contributed by atoms with Gasteiger partial charge in [-0.3, -0.25) is 0 Å². The Morgan fingerprint density at radius 2 is 0.770 bits per heavy atom. The Kier molecular flexibility index (Phi) is 6.56. The fourth-order valence-electron chi connectivity index (χ4n) is 10.5. The summed E-state index contributed by atoms with van der Waals surface area (Å²) in [5.41, 5.74) is 11.3. The largest absolute Gasteiger partial charge is 0.455 e. The van der Waals surface area contributed by atoms with Crippen LogP contribution in [0.25, 0.3) is 131 Å². The molecular weight excluding hydrogens is 741 g/mol. The summed E-state index contributed by atoms with van der Waals surface area (Å²) in [4.78, 5) is 0. The Labute approximate surface area is 349 Å². The molecule has 0 aliphatic rings. The number of hydrogen-bond acceptors (Lipinski definition) is 1. The summed E-state index contributed by atoms with van der Waals surface area (Å²) in [6.07, 6.45) is 0. The minimum atomic E-state index is 0.919. The van der Waals surface area contributed by atoms with Crippen molar-refractivity contribution in [2.45, 2.75) is 0 Å². The molecule has 0 saturated heterocycles. The summed E-state index contributed by atoms with van der Waals surface area (Å²) in [5, 5.41) is 17.1. The van der Waals surface area contributed by atoms with Crippen molar-refractivity contribution in [1.29, 1.82) is 0 Å². The van der Waals surface area contributed by atoms with Crippen molar-refractivity contribution in [3.8, 4) is 22.5 Å². The fraction of sp³-hybridized carbons (Fsp3) is 0. The third-order valence-electron chi connectivity index (χ3n) is 13.3. The van der Waals surface area contributed by atoms with Crippen LogP contribution in [0.1, 0.15) is 0 Å². The van der Waals surface area contributed by atoms with E-state index in [1.165, 1.54) is 87.1 Å². The summed E-state index contributed by atoms with van der Waals surface area (Å²) in [6, 6.07) is 75.5. The number of furan rings is 1. The van der Waals surface area contributed by atoms with E-state index in [-0.39, 0.29) is 0 Å². The van der Waals surface area contributed by atoms with Crippen LogP contribution in [0, 0.1) is 0 Å². The van der Waals surface area contributed by atoms with Crippen molar-refractivity contribution in [2.24, 2.45) is 0 Å². The molecule has 0 amide bonds. The van der Waals surface area contributed by atoms with E-state index in [2.05, 4.69) is 215 Å². The predicted octanol–water partition coefficient (Wildman–Crippen LogP) is 16.1. The van der Waals surface area contributed by atoms with Crippen LogP contribution in [0.15, 0.2) is 211 Å². The molecule has 0 aliphatic heterocycles. The van der Waals surface area contributed by atoms with Crippen molar-refractivity contribution >= 4 is 109 Å². The van der Waals surface area contributed by atoms with Crippen LogP contribution in [0.2, 0.25) is 0 Å². The van der Waals surface area contributed by atoms with Crippen LogP contribution in [-0.4, -0.2) is 9.13 Å². The topological polar surface area (TPSA) is 23.0 Å². The summed E-state index contributed by atoms with van der Waals surface area (Å²) < 4.78 is 11.6. The minimum Gasteiger partial charge on any atom is -0.455 e. The number of benzene rings is 11. The van der Waals surface area contributed by atoms with Crippen molar-refractivity contribution < 1.29 is 4.42 Å². The number of fused-ring (bicyclic) bond motifs is 17. The lowest BCUT2D eigenvalue weighted by Gasteiger charge is -2.11. The molecule has 0 radical (unpaired) electrons. The van der Waals surface area contributed by atoms with E-state index in [9.17, 15) is 0 Å². The second-order valence-corrected chi connectivity index (χ2v) is 16.4. The number of hydrogen-bond donors (Lipinski definition) is 0. The van der Waals surface area contributed by atoms with Crippen molar-refractivity contribution in [2.75, 3.05) is 0 Å². The van der Waals surface area contributed by atoms with Gasteiger partial charge in [0.05, 0.1) is 22.1 Å². The summed E-state index contributed by atoms with van der Waals surface area (Å²) in [7, 11) is 0. The lowest BCUT2D eigenvalue weighted by atomic mass is 9.93. The SMILES string of the molecule is c1ccc(-n2c3ccccc3c3cc(-n4c5ccccc5c5cc(-c6ccc7c(ccc8c9cc%10c%11ccccc%11c%11ccccc%11c%10cc9oc78)c6)ccc54)ccc32)cc1. The monoisotopic (exact) mass is 774 g/mol. The normalized spacial score (nSPS) is 12.3. The molecule has 14 aromatic rings. The zero-order valence-corrected chi connectivity index (χ0v) is 32.9. The van der Waals surface area contributed by atoms with Crippen LogP contribution >= 0.6 is 0 Å². The molecule has 3 heteroatoms. The van der Waals surface area contributed by atoms with Gasteiger partial charge >= 0.3 is 0 Å². The Bertz CT molecular complexity index is 4160. The lowest BCUT2D eigenvalue weighted by Crippen LogP contribution is -1.95. The maximum absolute atomic E-state index is 6.80. The highest BCUT2D eigenvalue weighted by Crippen LogP contribution is 2.43. The van der Waals surface area contributed by atoms with Crippen molar-refractivity contribution in [3.63, 3.8) is 0 Å². The van der Waals surface area contributed by atoms with E-state index in [1.807, 2.05) is 0 Å². The van der Waals surface area contributed by atoms with Crippen molar-refractivity contribution in [1.82, 2.24) is 9.13 Å². The molecule has 11 aromatic carbocycles. The average molecular weight is 775 g/mol. The maximum atomic E-state index is 6.80. The second-order valence-electron chi connectivity index (χ2n) is 16.4. The highest BCUT2D eigenvalue weighted by atomic mass is 16.3. The maximum Gasteiger partial charge on any atom is 0.143 e. The predicted molar refractivity (Wildman–Crippen MR) is 258 cm³/mol. The first kappa shape index (κ1) is 32.8. The number of para-hydroxylation sites is 3. The molecule has 0 unspecified atom stereocenters. The minimum absolute atomic E-state index is 0.919. The Hall–Kier alpha value is -8.14. The van der Waals surface area contributed by atoms with Crippen LogP contribution in [-0.2, 0) is 0 Å². The summed E-state index contributed by atoms with van der Waals surface area (Å²) >= 11 is 0. The van der Waals surface area contributed by atoms with Gasteiger partial charge in [0.15, 0.2) is 0 Å². The van der Waals surface area contributed by atoms with Crippen molar-refractivity contribution in [3.05, 3.63) is 206 Å². The number of nitrogens with zero attached hydrogens (tertiary/aromatic N) is 2. The number of rotatable bonds is 3. The highest BCUT2D eigenvalue weighted by molar-refractivity contribution is 6.29. The first-order valence-electron chi connectivity index (χ1n) is 21.0. The van der Waals surface area contributed by atoms with E-state index in [4.69, 9.17) is 4.42 Å². The van der Waals surface area contributed by atoms with E-state index in [0.717, 1.165) is 44.1 Å². The molecule has 0 bridgehead atoms. The molecule has 3 heterocycles. The van der Waals surface area contributed by atoms with E-state index in [0.29, 0.717) is 0 Å². The third-order valence-corrected chi connectivity index (χ3v) is 13.3. The lowest BCUT2D eigenvalue weighted by molar-refractivity contribution is 0.673. The first-order valence-corrected chi connectivity index (χ1v) is 21.0. The Morgan fingerprint density at radius 1 is 0.262 bits per heavy atom. The average Bonchev–Trinajstić information content (AvgIpc) is 3.98. The molecule has 0 spiro atoms. The standard InChI is InChI=1S/C58H34N2O/c1-2-12-38(13-3-1)59-53-20-10-9-19-46(53)51-32-39(25-29-56(51)59)60-54-21-11-8-18-45(54)50-31-36(24-28-55(50)60)35-22-26-40-37(30-35)23-27-47-52-33-48-43-16-6-4-14-41(43)42-15-5-7-17-44(42)49(48)34-57(52)61-58(40)47/h1-34H. The zero-order valence-electron chi connectivity index (χ0n) is 32.9. The molecule has 282 valence electrons. The second kappa shape index (κ2) is 12.2. The van der Waals surface area contributed by atoms with E-state index in [1.54, 1.807) is 0 Å². The molecular formula is C58H34N2O. The van der Waals surface area contributed by atoms with Gasteiger partial charge in [0.1, 0.15) is 11.2 Å². The Balaban J connectivity index is 0.913. The zero-order chi connectivity index (χ0) is 39.8. The molecule has 0 fully saturated rings. The summed E-state index contributed by atoms with van der Waals surface area (Å²) in [5.74, 6) is 0. The Morgan fingerprint density at radius 3 is 1.48 bits per heavy atom. The van der Waals surface area contributed by atoms with Gasteiger partial charge in [-0.05, 0) is 134 Å². The molecule has 3 nitrogen and oxygen atoms in total. The van der Waals surface area contributed by atoms with E-state index >= 15 is 0 Å². The van der Waals surface area contributed by atoms with Crippen LogP contribution in [0.3, 0.4) is 0 Å². The molecule has 0 atom stereocenters. The molecule has 0 saturated carbocycles. The van der Waals surface area contributed by atoms with Gasteiger partial charge < -0.3 is 13.6 Å². The van der Waals surface area contributed by atoms with Gasteiger partial charge in [-0.1, -0.05) is 121 Å². The fourth-order valence-corrected chi connectivity index (χ4v) is 10.5. The summed E-state index contributed by atoms with van der Waals surface area (Å²) in [6.45, 7) is 0. The van der Waals surface area contributed by atoms with Gasteiger partial charge in [0.25, 0.3) is 0 Å². The smallest absolute Gasteiger partial charge is 0.143 e. The first-order chi connectivity index (χ1) is 30.2. The van der Waals surface area contributed by atoms with Crippen LogP contribution in [0.4, 0.5) is 0 Å². The molecule has 14 rings (SSSR count). The van der Waals surface area contributed by atoms with Gasteiger partial charge in [-0.2, -0.15) is 0 Å².